The molecule has 0 unspecified atom stereocenters. The van der Waals surface area contributed by atoms with E-state index in [1.807, 2.05) is 0 Å². The van der Waals surface area contributed by atoms with Gasteiger partial charge in [0.2, 0.25) is 5.91 Å². The van der Waals surface area contributed by atoms with Crippen molar-refractivity contribution in [2.75, 3.05) is 5.32 Å². The van der Waals surface area contributed by atoms with Crippen molar-refractivity contribution >= 4 is 29.4 Å². The van der Waals surface area contributed by atoms with E-state index in [0.717, 1.165) is 37.8 Å². The van der Waals surface area contributed by atoms with Crippen molar-refractivity contribution in [3.63, 3.8) is 0 Å². The predicted octanol–water partition coefficient (Wildman–Crippen LogP) is 5.53. The van der Waals surface area contributed by atoms with Crippen molar-refractivity contribution in [3.8, 4) is 0 Å². The molecule has 0 aliphatic heterocycles. The van der Waals surface area contributed by atoms with Crippen molar-refractivity contribution in [2.24, 2.45) is 10.7 Å². The lowest BCUT2D eigenvalue weighted by Crippen LogP contribution is -2.29. The molecule has 2 fully saturated rings. The number of hydrogen-bond donors (Lipinski definition) is 3. The van der Waals surface area contributed by atoms with E-state index < -0.39 is 34.8 Å². The maximum absolute atomic E-state index is 14.6. The number of rotatable bonds is 7. The Hall–Kier alpha value is -3.69. The molecule has 2 saturated carbocycles. The fraction of sp³-hybridized carbons (Fsp3) is 0.346. The lowest BCUT2D eigenvalue weighted by molar-refractivity contribution is -0.137. The van der Waals surface area contributed by atoms with Gasteiger partial charge < -0.3 is 16.2 Å². The highest BCUT2D eigenvalue weighted by molar-refractivity contribution is 6.13. The Bertz CT molecular complexity index is 1240. The highest BCUT2D eigenvalue weighted by Crippen LogP contribution is 2.50. The van der Waals surface area contributed by atoms with Crippen LogP contribution < -0.4 is 11.1 Å². The first-order valence-corrected chi connectivity index (χ1v) is 11.6. The van der Waals surface area contributed by atoms with E-state index in [4.69, 9.17) is 5.73 Å². The zero-order valence-corrected chi connectivity index (χ0v) is 19.2. The molecule has 190 valence electrons. The minimum Gasteiger partial charge on any atom is -0.478 e. The summed E-state index contributed by atoms with van der Waals surface area (Å²) in [6.07, 6.45) is 2.75. The number of carbonyl (C=O) groups excluding carboxylic acids is 1. The second kappa shape index (κ2) is 9.75. The van der Waals surface area contributed by atoms with Crippen LogP contribution in [0.5, 0.6) is 0 Å². The van der Waals surface area contributed by atoms with E-state index in [9.17, 15) is 32.3 Å². The Morgan fingerprint density at radius 1 is 1.08 bits per heavy atom. The van der Waals surface area contributed by atoms with Gasteiger partial charge >= 0.3 is 12.1 Å². The number of halogens is 4. The van der Waals surface area contributed by atoms with Crippen molar-refractivity contribution in [1.82, 2.24) is 0 Å². The highest BCUT2D eigenvalue weighted by atomic mass is 19.4. The number of carbonyl (C=O) groups is 2. The summed E-state index contributed by atoms with van der Waals surface area (Å²) in [7, 11) is 0. The number of benzene rings is 2. The lowest BCUT2D eigenvalue weighted by atomic mass is 9.93. The van der Waals surface area contributed by atoms with Crippen LogP contribution in [-0.2, 0) is 16.4 Å². The molecule has 0 bridgehead atoms. The van der Waals surface area contributed by atoms with Crippen molar-refractivity contribution in [2.45, 2.75) is 56.2 Å². The molecule has 2 aromatic carbocycles. The number of nitrogens with zero attached hydrogens (tertiary/aromatic N) is 1. The SMILES string of the molecule is NC=C(C=NC1CCCC1)c1ccc(NC(=O)C2(c3ccc(C(F)(F)F)cc3F)CC2)cc1C(=O)O. The van der Waals surface area contributed by atoms with Crippen molar-refractivity contribution in [3.05, 3.63) is 70.7 Å². The van der Waals surface area contributed by atoms with Crippen LogP contribution in [0.2, 0.25) is 0 Å². The standard InChI is InChI=1S/C26H25F4N3O3/c27-22-11-16(26(28,29)30)5-8-21(22)25(9-10-25)24(36)33-18-6-7-19(20(12-18)23(34)35)15(13-31)14-32-17-3-1-2-4-17/h5-8,11-14,17H,1-4,9-10,31H2,(H,33,36)(H,34,35). The average Bonchev–Trinajstić information content (AvgIpc) is 3.47. The number of alkyl halides is 3. The number of aromatic carboxylic acids is 1. The van der Waals surface area contributed by atoms with Crippen LogP contribution in [0.3, 0.4) is 0 Å². The molecule has 0 heterocycles. The molecule has 1 amide bonds. The summed E-state index contributed by atoms with van der Waals surface area (Å²) < 4.78 is 53.2. The van der Waals surface area contributed by atoms with Crippen LogP contribution in [0.4, 0.5) is 23.2 Å². The number of nitrogens with two attached hydrogens (primary N) is 1. The fourth-order valence-electron chi connectivity index (χ4n) is 4.57. The Morgan fingerprint density at radius 2 is 1.78 bits per heavy atom. The second-order valence-corrected chi connectivity index (χ2v) is 9.13. The maximum atomic E-state index is 14.6. The molecule has 0 aromatic heterocycles. The highest BCUT2D eigenvalue weighted by Gasteiger charge is 2.53. The number of nitrogens with one attached hydrogen (secondary N) is 1. The molecule has 2 aliphatic rings. The molecule has 0 spiro atoms. The normalized spacial score (nSPS) is 17.9. The van der Waals surface area contributed by atoms with Gasteiger partial charge in [0.1, 0.15) is 5.82 Å². The number of allylic oxidation sites excluding steroid dienone is 1. The number of anilines is 1. The first-order valence-electron chi connectivity index (χ1n) is 11.6. The summed E-state index contributed by atoms with van der Waals surface area (Å²) in [4.78, 5) is 29.5. The number of aliphatic imine (C=N–C) groups is 1. The van der Waals surface area contributed by atoms with Crippen molar-refractivity contribution < 1.29 is 32.3 Å². The Morgan fingerprint density at radius 3 is 2.33 bits per heavy atom. The summed E-state index contributed by atoms with van der Waals surface area (Å²) in [5.74, 6) is -2.98. The summed E-state index contributed by atoms with van der Waals surface area (Å²) in [5.41, 5.74) is 3.94. The summed E-state index contributed by atoms with van der Waals surface area (Å²) >= 11 is 0. The molecule has 10 heteroatoms. The van der Waals surface area contributed by atoms with Crippen LogP contribution in [-0.4, -0.2) is 29.2 Å². The predicted molar refractivity (Wildman–Crippen MR) is 127 cm³/mol. The van der Waals surface area contributed by atoms with E-state index in [1.54, 1.807) is 6.21 Å². The average molecular weight is 503 g/mol. The Labute approximate surface area is 204 Å². The minimum absolute atomic E-state index is 0.118. The summed E-state index contributed by atoms with van der Waals surface area (Å²) in [6.45, 7) is 0. The molecular formula is C26H25F4N3O3. The van der Waals surface area contributed by atoms with Gasteiger partial charge in [-0.1, -0.05) is 25.0 Å². The van der Waals surface area contributed by atoms with Gasteiger partial charge in [-0.2, -0.15) is 13.2 Å². The number of hydrogen-bond acceptors (Lipinski definition) is 4. The third-order valence-electron chi connectivity index (χ3n) is 6.74. The maximum Gasteiger partial charge on any atom is 0.416 e. The van der Waals surface area contributed by atoms with Crippen LogP contribution in [0.15, 0.2) is 47.6 Å². The molecule has 0 radical (unpaired) electrons. The van der Waals surface area contributed by atoms with Gasteiger partial charge in [-0.3, -0.25) is 9.79 Å². The monoisotopic (exact) mass is 503 g/mol. The number of carboxylic acid groups (broad SMARTS) is 1. The van der Waals surface area contributed by atoms with E-state index in [-0.39, 0.29) is 35.7 Å². The molecule has 4 rings (SSSR count). The van der Waals surface area contributed by atoms with E-state index in [1.165, 1.54) is 24.4 Å². The minimum atomic E-state index is -4.70. The van der Waals surface area contributed by atoms with Gasteiger partial charge in [0, 0.05) is 35.3 Å². The quantitative estimate of drug-likeness (QED) is 0.342. The third-order valence-corrected chi connectivity index (χ3v) is 6.74. The number of amides is 1. The molecule has 0 saturated heterocycles. The first kappa shape index (κ1) is 25.4. The molecular weight excluding hydrogens is 478 g/mol. The molecule has 2 aliphatic carbocycles. The smallest absolute Gasteiger partial charge is 0.416 e. The van der Waals surface area contributed by atoms with E-state index in [0.29, 0.717) is 17.2 Å². The van der Waals surface area contributed by atoms with Gasteiger partial charge in [0.25, 0.3) is 0 Å². The Balaban J connectivity index is 1.57. The van der Waals surface area contributed by atoms with E-state index in [2.05, 4.69) is 10.3 Å². The van der Waals surface area contributed by atoms with Gasteiger partial charge in [-0.15, -0.1) is 0 Å². The van der Waals surface area contributed by atoms with Crippen LogP contribution in [0, 0.1) is 5.82 Å². The first-order chi connectivity index (χ1) is 17.0. The van der Waals surface area contributed by atoms with Crippen LogP contribution in [0.1, 0.15) is 65.6 Å². The van der Waals surface area contributed by atoms with E-state index >= 15 is 0 Å². The molecule has 6 nitrogen and oxygen atoms in total. The molecule has 4 N–H and O–H groups in total. The number of carboxylic acids is 1. The zero-order chi connectivity index (χ0) is 26.1. The summed E-state index contributed by atoms with van der Waals surface area (Å²) in [5, 5.41) is 12.4. The van der Waals surface area contributed by atoms with Crippen LogP contribution >= 0.6 is 0 Å². The third kappa shape index (κ3) is 5.12. The second-order valence-electron chi connectivity index (χ2n) is 9.13. The fourth-order valence-corrected chi connectivity index (χ4v) is 4.57. The zero-order valence-electron chi connectivity index (χ0n) is 19.2. The van der Waals surface area contributed by atoms with Crippen molar-refractivity contribution in [1.29, 1.82) is 0 Å². The topological polar surface area (TPSA) is 105 Å². The molecule has 2 aromatic rings. The van der Waals surface area contributed by atoms with Gasteiger partial charge in [-0.25, -0.2) is 9.18 Å². The largest absolute Gasteiger partial charge is 0.478 e. The molecule has 0 atom stereocenters. The van der Waals surface area contributed by atoms with Crippen LogP contribution in [0.25, 0.3) is 5.57 Å². The Kier molecular flexibility index (Phi) is 6.88. The lowest BCUT2D eigenvalue weighted by Gasteiger charge is -2.18. The molecule has 36 heavy (non-hydrogen) atoms. The van der Waals surface area contributed by atoms with Gasteiger partial charge in [0.15, 0.2) is 0 Å². The summed E-state index contributed by atoms with van der Waals surface area (Å²) in [6, 6.07) is 6.54. The van der Waals surface area contributed by atoms with Gasteiger partial charge in [-0.05, 0) is 55.5 Å². The van der Waals surface area contributed by atoms with Gasteiger partial charge in [0.05, 0.1) is 16.5 Å².